The highest BCUT2D eigenvalue weighted by molar-refractivity contribution is 6.04. The predicted octanol–water partition coefficient (Wildman–Crippen LogP) is 4.99. The molecule has 1 amide bonds. The Morgan fingerprint density at radius 2 is 1.71 bits per heavy atom. The van der Waals surface area contributed by atoms with E-state index in [4.69, 9.17) is 0 Å². The Morgan fingerprint density at radius 1 is 0.964 bits per heavy atom. The van der Waals surface area contributed by atoms with Gasteiger partial charge in [0, 0.05) is 36.3 Å². The van der Waals surface area contributed by atoms with Gasteiger partial charge < -0.3 is 15.5 Å². The molecule has 1 aliphatic heterocycles. The van der Waals surface area contributed by atoms with Crippen LogP contribution in [0.3, 0.4) is 0 Å². The fraction of sp³-hybridized carbons (Fsp3) is 0.217. The van der Waals surface area contributed by atoms with E-state index in [-0.39, 0.29) is 5.91 Å². The summed E-state index contributed by atoms with van der Waals surface area (Å²) in [5.74, 6) is 0.546. The van der Waals surface area contributed by atoms with Crippen molar-refractivity contribution in [1.82, 2.24) is 4.98 Å². The zero-order valence-corrected chi connectivity index (χ0v) is 16.0. The highest BCUT2D eigenvalue weighted by Crippen LogP contribution is 2.23. The van der Waals surface area contributed by atoms with Crippen molar-refractivity contribution in [2.45, 2.75) is 19.8 Å². The lowest BCUT2D eigenvalue weighted by Gasteiger charge is -2.17. The van der Waals surface area contributed by atoms with Gasteiger partial charge in [-0.1, -0.05) is 18.2 Å². The number of anilines is 4. The van der Waals surface area contributed by atoms with Crippen molar-refractivity contribution >= 4 is 28.8 Å². The first-order valence-corrected chi connectivity index (χ1v) is 9.64. The van der Waals surface area contributed by atoms with Crippen molar-refractivity contribution in [1.29, 1.82) is 0 Å². The van der Waals surface area contributed by atoms with Crippen LogP contribution in [0.15, 0.2) is 66.9 Å². The van der Waals surface area contributed by atoms with Crippen molar-refractivity contribution in [2.24, 2.45) is 0 Å². The van der Waals surface area contributed by atoms with E-state index < -0.39 is 0 Å². The Hall–Kier alpha value is -3.34. The molecule has 0 spiro atoms. The third kappa shape index (κ3) is 4.14. The SMILES string of the molecule is Cc1ccccc1Nc1ccc(C(=O)Nc2ccc(N3CCCC3)cc2)cn1. The molecule has 1 aliphatic rings. The summed E-state index contributed by atoms with van der Waals surface area (Å²) in [5, 5.41) is 6.21. The third-order valence-corrected chi connectivity index (χ3v) is 5.03. The van der Waals surface area contributed by atoms with Gasteiger partial charge in [0.25, 0.3) is 5.91 Å². The Labute approximate surface area is 165 Å². The number of hydrogen-bond acceptors (Lipinski definition) is 4. The van der Waals surface area contributed by atoms with Gasteiger partial charge in [-0.15, -0.1) is 0 Å². The zero-order chi connectivity index (χ0) is 19.3. The van der Waals surface area contributed by atoms with Gasteiger partial charge in [0.05, 0.1) is 5.56 Å². The normalized spacial score (nSPS) is 13.4. The number of benzene rings is 2. The molecule has 142 valence electrons. The minimum absolute atomic E-state index is 0.163. The summed E-state index contributed by atoms with van der Waals surface area (Å²) < 4.78 is 0. The highest BCUT2D eigenvalue weighted by Gasteiger charge is 2.12. The lowest BCUT2D eigenvalue weighted by Crippen LogP contribution is -2.17. The second kappa shape index (κ2) is 8.13. The van der Waals surface area contributed by atoms with Crippen LogP contribution < -0.4 is 15.5 Å². The summed E-state index contributed by atoms with van der Waals surface area (Å²) in [4.78, 5) is 19.2. The number of rotatable bonds is 5. The Kier molecular flexibility index (Phi) is 5.24. The van der Waals surface area contributed by atoms with Crippen LogP contribution in [-0.4, -0.2) is 24.0 Å². The summed E-state index contributed by atoms with van der Waals surface area (Å²) in [6.07, 6.45) is 4.09. The van der Waals surface area contributed by atoms with Crippen molar-refractivity contribution in [2.75, 3.05) is 28.6 Å². The molecule has 2 heterocycles. The van der Waals surface area contributed by atoms with E-state index in [1.54, 1.807) is 12.3 Å². The van der Waals surface area contributed by atoms with Crippen molar-refractivity contribution in [3.8, 4) is 0 Å². The molecule has 0 bridgehead atoms. The number of carbonyl (C=O) groups is 1. The molecule has 1 fully saturated rings. The highest BCUT2D eigenvalue weighted by atomic mass is 16.1. The second-order valence-corrected chi connectivity index (χ2v) is 7.07. The number of carbonyl (C=O) groups excluding carboxylic acids is 1. The Bertz CT molecular complexity index is 945. The van der Waals surface area contributed by atoms with Crippen LogP contribution in [0.25, 0.3) is 0 Å². The van der Waals surface area contributed by atoms with Gasteiger partial charge in [-0.05, 0) is 67.8 Å². The van der Waals surface area contributed by atoms with E-state index in [0.717, 1.165) is 30.0 Å². The van der Waals surface area contributed by atoms with E-state index >= 15 is 0 Å². The van der Waals surface area contributed by atoms with Crippen LogP contribution in [0.1, 0.15) is 28.8 Å². The fourth-order valence-corrected chi connectivity index (χ4v) is 3.39. The van der Waals surface area contributed by atoms with E-state index in [9.17, 15) is 4.79 Å². The molecule has 0 atom stereocenters. The number of hydrogen-bond donors (Lipinski definition) is 2. The molecule has 2 N–H and O–H groups in total. The summed E-state index contributed by atoms with van der Waals surface area (Å²) in [7, 11) is 0. The molecule has 0 aliphatic carbocycles. The van der Waals surface area contributed by atoms with Crippen molar-refractivity contribution in [3.05, 3.63) is 78.0 Å². The van der Waals surface area contributed by atoms with Crippen LogP contribution >= 0.6 is 0 Å². The fourth-order valence-electron chi connectivity index (χ4n) is 3.39. The Balaban J connectivity index is 1.38. The molecule has 0 unspecified atom stereocenters. The van der Waals surface area contributed by atoms with Gasteiger partial charge in [-0.2, -0.15) is 0 Å². The van der Waals surface area contributed by atoms with E-state index in [2.05, 4.69) is 32.7 Å². The number of aromatic nitrogens is 1. The number of aryl methyl sites for hydroxylation is 1. The molecule has 5 nitrogen and oxygen atoms in total. The number of amides is 1. The van der Waals surface area contributed by atoms with Crippen LogP contribution in [-0.2, 0) is 0 Å². The maximum atomic E-state index is 12.5. The molecule has 2 aromatic carbocycles. The summed E-state index contributed by atoms with van der Waals surface area (Å²) >= 11 is 0. The quantitative estimate of drug-likeness (QED) is 0.663. The first kappa shape index (κ1) is 18.0. The predicted molar refractivity (Wildman–Crippen MR) is 115 cm³/mol. The van der Waals surface area contributed by atoms with Crippen molar-refractivity contribution < 1.29 is 4.79 Å². The lowest BCUT2D eigenvalue weighted by atomic mass is 10.2. The maximum absolute atomic E-state index is 12.5. The second-order valence-electron chi connectivity index (χ2n) is 7.07. The minimum Gasteiger partial charge on any atom is -0.372 e. The number of para-hydroxylation sites is 1. The number of nitrogens with zero attached hydrogens (tertiary/aromatic N) is 2. The van der Waals surface area contributed by atoms with E-state index in [1.165, 1.54) is 18.5 Å². The van der Waals surface area contributed by atoms with Gasteiger partial charge in [-0.25, -0.2) is 4.98 Å². The average molecular weight is 372 g/mol. The minimum atomic E-state index is -0.163. The van der Waals surface area contributed by atoms with Gasteiger partial charge in [0.1, 0.15) is 5.82 Å². The standard InChI is InChI=1S/C23H24N4O/c1-17-6-2-3-7-21(17)26-22-13-8-18(16-24-22)23(28)25-19-9-11-20(12-10-19)27-14-4-5-15-27/h2-3,6-13,16H,4-5,14-15H2,1H3,(H,24,26)(H,25,28). The molecule has 3 aromatic rings. The van der Waals surface area contributed by atoms with Gasteiger partial charge in [0.15, 0.2) is 0 Å². The third-order valence-electron chi connectivity index (χ3n) is 5.03. The van der Waals surface area contributed by atoms with Gasteiger partial charge >= 0.3 is 0 Å². The van der Waals surface area contributed by atoms with Gasteiger partial charge in [-0.3, -0.25) is 4.79 Å². The first-order valence-electron chi connectivity index (χ1n) is 9.64. The molecule has 0 radical (unpaired) electrons. The average Bonchev–Trinajstić information content (AvgIpc) is 3.26. The van der Waals surface area contributed by atoms with Crippen LogP contribution in [0, 0.1) is 6.92 Å². The first-order chi connectivity index (χ1) is 13.7. The summed E-state index contributed by atoms with van der Waals surface area (Å²) in [6, 6.07) is 19.6. The molecule has 0 saturated carbocycles. The monoisotopic (exact) mass is 372 g/mol. The molecule has 28 heavy (non-hydrogen) atoms. The van der Waals surface area contributed by atoms with E-state index in [0.29, 0.717) is 11.4 Å². The lowest BCUT2D eigenvalue weighted by molar-refractivity contribution is 0.102. The van der Waals surface area contributed by atoms with Crippen LogP contribution in [0.2, 0.25) is 0 Å². The van der Waals surface area contributed by atoms with E-state index in [1.807, 2.05) is 49.4 Å². The molecule has 5 heteroatoms. The molecule has 1 saturated heterocycles. The molecule has 1 aromatic heterocycles. The molecular formula is C23H24N4O. The number of pyridine rings is 1. The molecular weight excluding hydrogens is 348 g/mol. The summed E-state index contributed by atoms with van der Waals surface area (Å²) in [6.45, 7) is 4.26. The van der Waals surface area contributed by atoms with Crippen LogP contribution in [0.4, 0.5) is 22.9 Å². The maximum Gasteiger partial charge on any atom is 0.257 e. The molecule has 4 rings (SSSR count). The Morgan fingerprint density at radius 3 is 2.39 bits per heavy atom. The zero-order valence-electron chi connectivity index (χ0n) is 16.0. The number of nitrogens with one attached hydrogen (secondary N) is 2. The smallest absolute Gasteiger partial charge is 0.257 e. The van der Waals surface area contributed by atoms with Crippen LogP contribution in [0.5, 0.6) is 0 Å². The van der Waals surface area contributed by atoms with Gasteiger partial charge in [0.2, 0.25) is 0 Å². The summed E-state index contributed by atoms with van der Waals surface area (Å²) in [5.41, 5.74) is 4.67. The topological polar surface area (TPSA) is 57.3 Å². The largest absolute Gasteiger partial charge is 0.372 e. The van der Waals surface area contributed by atoms with Crippen molar-refractivity contribution in [3.63, 3.8) is 0 Å².